The fourth-order valence-electron chi connectivity index (χ4n) is 1.20. The number of nitrogens with two attached hydrogens (primary N) is 1. The molecule has 2 N–H and O–H groups in total. The van der Waals surface area contributed by atoms with Crippen molar-refractivity contribution in [2.45, 2.75) is 40.2 Å². The number of hydrogen-bond donors (Lipinski definition) is 1. The van der Waals surface area contributed by atoms with Gasteiger partial charge >= 0.3 is 9.28 Å². The van der Waals surface area contributed by atoms with Crippen LogP contribution in [0.4, 0.5) is 0 Å². The van der Waals surface area contributed by atoms with Gasteiger partial charge in [-0.05, 0) is 38.3 Å². The molecular weight excluding hydrogens is 194 g/mol. The Kier molecular flexibility index (Phi) is 7.45. The normalized spacial score (nSPS) is 12.4. The molecule has 86 valence electrons. The second kappa shape index (κ2) is 7.40. The fraction of sp³-hybridized carbons (Fsp3) is 1.00. The largest absolute Gasteiger partial charge is 0.397 e. The summed E-state index contributed by atoms with van der Waals surface area (Å²) in [6, 6.07) is 1.06. The highest BCUT2D eigenvalue weighted by Crippen LogP contribution is 2.22. The van der Waals surface area contributed by atoms with E-state index in [0.717, 1.165) is 32.2 Å². The standard InChI is InChI=1S/C10H25NO2Si/c1-5-12-14(13-6-2)8-7-10(3,4)9-11/h14H,5-9,11H2,1-4H3. The summed E-state index contributed by atoms with van der Waals surface area (Å²) in [4.78, 5) is 0. The van der Waals surface area contributed by atoms with Crippen molar-refractivity contribution in [3.63, 3.8) is 0 Å². The van der Waals surface area contributed by atoms with Crippen LogP contribution >= 0.6 is 0 Å². The number of rotatable bonds is 8. The summed E-state index contributed by atoms with van der Waals surface area (Å²) < 4.78 is 11.2. The third-order valence-corrected chi connectivity index (χ3v) is 4.48. The van der Waals surface area contributed by atoms with Crippen molar-refractivity contribution in [1.82, 2.24) is 0 Å². The molecule has 0 fully saturated rings. The Morgan fingerprint density at radius 2 is 1.64 bits per heavy atom. The van der Waals surface area contributed by atoms with Crippen LogP contribution in [0.2, 0.25) is 6.04 Å². The van der Waals surface area contributed by atoms with Gasteiger partial charge in [-0.2, -0.15) is 0 Å². The van der Waals surface area contributed by atoms with Crippen molar-refractivity contribution in [2.75, 3.05) is 19.8 Å². The zero-order valence-electron chi connectivity index (χ0n) is 10.0. The van der Waals surface area contributed by atoms with E-state index < -0.39 is 9.28 Å². The summed E-state index contributed by atoms with van der Waals surface area (Å²) in [6.07, 6.45) is 1.10. The van der Waals surface area contributed by atoms with Gasteiger partial charge in [0.2, 0.25) is 0 Å². The van der Waals surface area contributed by atoms with Gasteiger partial charge < -0.3 is 14.6 Å². The van der Waals surface area contributed by atoms with Gasteiger partial charge in [0, 0.05) is 13.2 Å². The lowest BCUT2D eigenvalue weighted by atomic mass is 9.91. The SMILES string of the molecule is CCO[SiH](CCC(C)(C)CN)OCC. The van der Waals surface area contributed by atoms with Crippen molar-refractivity contribution in [1.29, 1.82) is 0 Å². The second-order valence-corrected chi connectivity index (χ2v) is 6.35. The first-order valence-corrected chi connectivity index (χ1v) is 7.25. The Bertz CT molecular complexity index is 136. The predicted octanol–water partition coefficient (Wildman–Crippen LogP) is 1.65. The van der Waals surface area contributed by atoms with E-state index >= 15 is 0 Å². The molecule has 0 saturated heterocycles. The summed E-state index contributed by atoms with van der Waals surface area (Å²) in [6.45, 7) is 10.7. The molecule has 0 aliphatic carbocycles. The minimum absolute atomic E-state index is 0.222. The quantitative estimate of drug-likeness (QED) is 0.631. The lowest BCUT2D eigenvalue weighted by Crippen LogP contribution is -2.29. The van der Waals surface area contributed by atoms with E-state index in [2.05, 4.69) is 13.8 Å². The smallest absolute Gasteiger partial charge is 0.321 e. The molecular formula is C10H25NO2Si. The monoisotopic (exact) mass is 219 g/mol. The maximum atomic E-state index is 5.67. The van der Waals surface area contributed by atoms with E-state index in [4.69, 9.17) is 14.6 Å². The van der Waals surface area contributed by atoms with E-state index in [9.17, 15) is 0 Å². The van der Waals surface area contributed by atoms with Crippen LogP contribution in [0, 0.1) is 5.41 Å². The molecule has 0 unspecified atom stereocenters. The van der Waals surface area contributed by atoms with E-state index in [1.807, 2.05) is 13.8 Å². The second-order valence-electron chi connectivity index (χ2n) is 4.25. The van der Waals surface area contributed by atoms with E-state index in [-0.39, 0.29) is 5.41 Å². The Morgan fingerprint density at radius 1 is 1.14 bits per heavy atom. The van der Waals surface area contributed by atoms with Crippen LogP contribution < -0.4 is 5.73 Å². The van der Waals surface area contributed by atoms with E-state index in [1.165, 1.54) is 0 Å². The number of hydrogen-bond acceptors (Lipinski definition) is 3. The Morgan fingerprint density at radius 3 is 2.00 bits per heavy atom. The fourth-order valence-corrected chi connectivity index (χ4v) is 3.39. The van der Waals surface area contributed by atoms with Crippen LogP contribution in [0.5, 0.6) is 0 Å². The van der Waals surface area contributed by atoms with Crippen LogP contribution in [0.1, 0.15) is 34.1 Å². The van der Waals surface area contributed by atoms with E-state index in [0.29, 0.717) is 0 Å². The minimum atomic E-state index is -1.40. The first kappa shape index (κ1) is 14.1. The molecule has 0 saturated carbocycles. The summed E-state index contributed by atoms with van der Waals surface area (Å²) >= 11 is 0. The lowest BCUT2D eigenvalue weighted by molar-refractivity contribution is 0.207. The highest BCUT2D eigenvalue weighted by Gasteiger charge is 2.20. The molecule has 0 bridgehead atoms. The molecule has 0 aliphatic rings. The third-order valence-electron chi connectivity index (χ3n) is 2.31. The molecule has 3 nitrogen and oxygen atoms in total. The highest BCUT2D eigenvalue weighted by molar-refractivity contribution is 6.44. The Hall–Kier alpha value is 0.0969. The lowest BCUT2D eigenvalue weighted by Gasteiger charge is -2.24. The molecule has 0 amide bonds. The molecule has 0 atom stereocenters. The van der Waals surface area contributed by atoms with Crippen LogP contribution in [-0.4, -0.2) is 29.0 Å². The topological polar surface area (TPSA) is 44.5 Å². The first-order chi connectivity index (χ1) is 6.55. The summed E-state index contributed by atoms with van der Waals surface area (Å²) in [5.74, 6) is 0. The zero-order chi connectivity index (χ0) is 11.0. The van der Waals surface area contributed by atoms with Crippen molar-refractivity contribution < 1.29 is 8.85 Å². The van der Waals surface area contributed by atoms with Crippen LogP contribution in [-0.2, 0) is 8.85 Å². The first-order valence-electron chi connectivity index (χ1n) is 5.49. The van der Waals surface area contributed by atoms with Gasteiger partial charge in [0.05, 0.1) is 0 Å². The molecule has 0 rings (SSSR count). The highest BCUT2D eigenvalue weighted by atomic mass is 28.3. The molecule has 0 heterocycles. The van der Waals surface area contributed by atoms with E-state index in [1.54, 1.807) is 0 Å². The summed E-state index contributed by atoms with van der Waals surface area (Å²) in [5.41, 5.74) is 5.90. The molecule has 0 spiro atoms. The zero-order valence-corrected chi connectivity index (χ0v) is 11.2. The minimum Gasteiger partial charge on any atom is -0.397 e. The van der Waals surface area contributed by atoms with Gasteiger partial charge in [-0.15, -0.1) is 0 Å². The molecule has 14 heavy (non-hydrogen) atoms. The van der Waals surface area contributed by atoms with Crippen molar-refractivity contribution in [3.8, 4) is 0 Å². The molecule has 0 aromatic rings. The predicted molar refractivity (Wildman–Crippen MR) is 62.7 cm³/mol. The molecule has 0 radical (unpaired) electrons. The van der Waals surface area contributed by atoms with Crippen LogP contribution in [0.3, 0.4) is 0 Å². The van der Waals surface area contributed by atoms with Gasteiger partial charge in [-0.25, -0.2) is 0 Å². The molecule has 0 aliphatic heterocycles. The van der Waals surface area contributed by atoms with Crippen LogP contribution in [0.25, 0.3) is 0 Å². The average Bonchev–Trinajstić information content (AvgIpc) is 2.15. The van der Waals surface area contributed by atoms with Crippen molar-refractivity contribution in [2.24, 2.45) is 11.1 Å². The average molecular weight is 219 g/mol. The van der Waals surface area contributed by atoms with Crippen molar-refractivity contribution >= 4 is 9.28 Å². The van der Waals surface area contributed by atoms with Gasteiger partial charge in [0.1, 0.15) is 0 Å². The van der Waals surface area contributed by atoms with Gasteiger partial charge in [0.15, 0.2) is 0 Å². The van der Waals surface area contributed by atoms with Crippen LogP contribution in [0.15, 0.2) is 0 Å². The van der Waals surface area contributed by atoms with Crippen molar-refractivity contribution in [3.05, 3.63) is 0 Å². The Labute approximate surface area is 89.8 Å². The maximum Gasteiger partial charge on any atom is 0.321 e. The third kappa shape index (κ3) is 6.54. The van der Waals surface area contributed by atoms with Gasteiger partial charge in [-0.1, -0.05) is 13.8 Å². The summed E-state index contributed by atoms with van der Waals surface area (Å²) in [7, 11) is -1.40. The Balaban J connectivity index is 3.80. The maximum absolute atomic E-state index is 5.67. The molecule has 0 aromatic carbocycles. The molecule has 4 heteroatoms. The van der Waals surface area contributed by atoms with Gasteiger partial charge in [0.25, 0.3) is 0 Å². The molecule has 0 aromatic heterocycles. The van der Waals surface area contributed by atoms with Gasteiger partial charge in [-0.3, -0.25) is 0 Å². The summed E-state index contributed by atoms with van der Waals surface area (Å²) in [5, 5.41) is 0.